The number of halogens is 1. The summed E-state index contributed by atoms with van der Waals surface area (Å²) in [5, 5.41) is 9.71. The van der Waals surface area contributed by atoms with Gasteiger partial charge in [-0.05, 0) is 12.5 Å². The van der Waals surface area contributed by atoms with Gasteiger partial charge in [0, 0.05) is 36.3 Å². The summed E-state index contributed by atoms with van der Waals surface area (Å²) in [6, 6.07) is 3.47. The summed E-state index contributed by atoms with van der Waals surface area (Å²) < 4.78 is 10.6. The molecule has 1 unspecified atom stereocenters. The summed E-state index contributed by atoms with van der Waals surface area (Å²) in [7, 11) is 3.10. The van der Waals surface area contributed by atoms with Crippen LogP contribution in [0.2, 0.25) is 5.02 Å². The maximum Gasteiger partial charge on any atom is 0.325 e. The van der Waals surface area contributed by atoms with Gasteiger partial charge in [0.25, 0.3) is 0 Å². The lowest BCUT2D eigenvalue weighted by Gasteiger charge is -2.21. The predicted octanol–water partition coefficient (Wildman–Crippen LogP) is 1.34. The van der Waals surface area contributed by atoms with Crippen LogP contribution in [0.1, 0.15) is 12.0 Å². The van der Waals surface area contributed by atoms with Crippen LogP contribution in [0.5, 0.6) is 11.5 Å². The van der Waals surface area contributed by atoms with E-state index in [0.29, 0.717) is 42.6 Å². The van der Waals surface area contributed by atoms with Gasteiger partial charge in [0.15, 0.2) is 11.5 Å². The van der Waals surface area contributed by atoms with Gasteiger partial charge in [-0.25, -0.2) is 0 Å². The number of carbonyl (C=O) groups is 1. The van der Waals surface area contributed by atoms with Crippen LogP contribution in [-0.2, 0) is 11.3 Å². The zero-order valence-corrected chi connectivity index (χ0v) is 12.8. The molecule has 1 saturated heterocycles. The second kappa shape index (κ2) is 6.09. The number of hydrogen-bond acceptors (Lipinski definition) is 5. The first-order valence-corrected chi connectivity index (χ1v) is 6.92. The zero-order valence-electron chi connectivity index (χ0n) is 12.1. The SMILES string of the molecule is COc1cc(Cl)cc(CN2CCC(N)(C(=O)O)C2)c1OC. The van der Waals surface area contributed by atoms with Crippen molar-refractivity contribution in [2.45, 2.75) is 18.5 Å². The minimum Gasteiger partial charge on any atom is -0.493 e. The summed E-state index contributed by atoms with van der Waals surface area (Å²) in [6.45, 7) is 1.41. The van der Waals surface area contributed by atoms with E-state index in [1.165, 1.54) is 0 Å². The molecule has 0 spiro atoms. The highest BCUT2D eigenvalue weighted by atomic mass is 35.5. The number of nitrogens with two attached hydrogens (primary N) is 1. The van der Waals surface area contributed by atoms with Crippen molar-refractivity contribution in [3.05, 3.63) is 22.7 Å². The van der Waals surface area contributed by atoms with Crippen molar-refractivity contribution < 1.29 is 19.4 Å². The van der Waals surface area contributed by atoms with Crippen LogP contribution in [0.15, 0.2) is 12.1 Å². The Bertz CT molecular complexity index is 552. The van der Waals surface area contributed by atoms with Gasteiger partial charge >= 0.3 is 5.97 Å². The van der Waals surface area contributed by atoms with E-state index in [1.54, 1.807) is 26.4 Å². The highest BCUT2D eigenvalue weighted by Gasteiger charge is 2.41. The Balaban J connectivity index is 2.21. The monoisotopic (exact) mass is 314 g/mol. The van der Waals surface area contributed by atoms with Crippen molar-refractivity contribution >= 4 is 17.6 Å². The van der Waals surface area contributed by atoms with E-state index in [1.807, 2.05) is 4.90 Å². The van der Waals surface area contributed by atoms with Gasteiger partial charge in [0.05, 0.1) is 14.2 Å². The minimum absolute atomic E-state index is 0.292. The third kappa shape index (κ3) is 3.23. The smallest absolute Gasteiger partial charge is 0.325 e. The number of methoxy groups -OCH3 is 2. The largest absolute Gasteiger partial charge is 0.493 e. The van der Waals surface area contributed by atoms with E-state index in [9.17, 15) is 4.79 Å². The van der Waals surface area contributed by atoms with Crippen molar-refractivity contribution in [1.82, 2.24) is 4.90 Å². The molecule has 0 aliphatic carbocycles. The maximum absolute atomic E-state index is 11.2. The molecule has 1 aliphatic heterocycles. The van der Waals surface area contributed by atoms with E-state index >= 15 is 0 Å². The molecule has 116 valence electrons. The second-order valence-corrected chi connectivity index (χ2v) is 5.66. The van der Waals surface area contributed by atoms with Crippen LogP contribution in [-0.4, -0.2) is 48.8 Å². The Kier molecular flexibility index (Phi) is 4.61. The van der Waals surface area contributed by atoms with Gasteiger partial charge in [-0.3, -0.25) is 9.69 Å². The number of hydrogen-bond donors (Lipinski definition) is 2. The van der Waals surface area contributed by atoms with Gasteiger partial charge in [-0.1, -0.05) is 11.6 Å². The molecule has 0 amide bonds. The molecule has 0 bridgehead atoms. The molecule has 1 heterocycles. The Morgan fingerprint density at radius 2 is 2.19 bits per heavy atom. The van der Waals surface area contributed by atoms with Crippen molar-refractivity contribution in [2.24, 2.45) is 5.73 Å². The number of aliphatic carboxylic acids is 1. The second-order valence-electron chi connectivity index (χ2n) is 5.22. The molecule has 1 aromatic carbocycles. The zero-order chi connectivity index (χ0) is 15.6. The number of likely N-dealkylation sites (tertiary alicyclic amines) is 1. The molecule has 3 N–H and O–H groups in total. The van der Waals surface area contributed by atoms with E-state index in [4.69, 9.17) is 31.9 Å². The first-order chi connectivity index (χ1) is 9.89. The molecule has 21 heavy (non-hydrogen) atoms. The fraction of sp³-hybridized carbons (Fsp3) is 0.500. The first-order valence-electron chi connectivity index (χ1n) is 6.54. The molecule has 0 radical (unpaired) electrons. The van der Waals surface area contributed by atoms with Crippen molar-refractivity contribution in [3.63, 3.8) is 0 Å². The number of nitrogens with zero attached hydrogens (tertiary/aromatic N) is 1. The topological polar surface area (TPSA) is 85.0 Å². The molecule has 1 aromatic rings. The van der Waals surface area contributed by atoms with Crippen LogP contribution in [0.4, 0.5) is 0 Å². The molecule has 0 saturated carbocycles. The van der Waals surface area contributed by atoms with E-state index in [2.05, 4.69) is 0 Å². The summed E-state index contributed by atoms with van der Waals surface area (Å²) >= 11 is 6.08. The summed E-state index contributed by atoms with van der Waals surface area (Å²) in [4.78, 5) is 13.2. The van der Waals surface area contributed by atoms with Crippen LogP contribution < -0.4 is 15.2 Å². The first kappa shape index (κ1) is 15.9. The third-order valence-corrected chi connectivity index (χ3v) is 3.94. The average Bonchev–Trinajstić information content (AvgIpc) is 2.81. The molecule has 1 atom stereocenters. The lowest BCUT2D eigenvalue weighted by molar-refractivity contribution is -0.142. The Morgan fingerprint density at radius 1 is 1.48 bits per heavy atom. The molecule has 1 aliphatic rings. The van der Waals surface area contributed by atoms with Crippen LogP contribution >= 0.6 is 11.6 Å². The molecule has 7 heteroatoms. The van der Waals surface area contributed by atoms with Gasteiger partial charge in [0.1, 0.15) is 5.54 Å². The summed E-state index contributed by atoms with van der Waals surface area (Å²) in [6.07, 6.45) is 0.419. The average molecular weight is 315 g/mol. The molecule has 6 nitrogen and oxygen atoms in total. The van der Waals surface area contributed by atoms with Crippen molar-refractivity contribution in [3.8, 4) is 11.5 Å². The van der Waals surface area contributed by atoms with E-state index in [-0.39, 0.29) is 0 Å². The van der Waals surface area contributed by atoms with Crippen LogP contribution in [0.3, 0.4) is 0 Å². The van der Waals surface area contributed by atoms with Gasteiger partial charge in [-0.2, -0.15) is 0 Å². The number of rotatable bonds is 5. The standard InChI is InChI=1S/C14H19ClN2O4/c1-20-11-6-10(15)5-9(12(11)21-2)7-17-4-3-14(16,8-17)13(18)19/h5-6H,3-4,7-8,16H2,1-2H3,(H,18,19). The maximum atomic E-state index is 11.2. The predicted molar refractivity (Wildman–Crippen MR) is 79.0 cm³/mol. The normalized spacial score (nSPS) is 22.3. The lowest BCUT2D eigenvalue weighted by atomic mass is 10.0. The van der Waals surface area contributed by atoms with E-state index in [0.717, 1.165) is 5.56 Å². The Morgan fingerprint density at radius 3 is 2.71 bits per heavy atom. The van der Waals surface area contributed by atoms with Crippen LogP contribution in [0.25, 0.3) is 0 Å². The van der Waals surface area contributed by atoms with Gasteiger partial charge < -0.3 is 20.3 Å². The summed E-state index contributed by atoms with van der Waals surface area (Å²) in [5.41, 5.74) is 5.54. The molecule has 0 aromatic heterocycles. The highest BCUT2D eigenvalue weighted by Crippen LogP contribution is 2.36. The number of benzene rings is 1. The molecule has 2 rings (SSSR count). The Labute approximate surface area is 128 Å². The van der Waals surface area contributed by atoms with E-state index < -0.39 is 11.5 Å². The molecular weight excluding hydrogens is 296 g/mol. The van der Waals surface area contributed by atoms with Gasteiger partial charge in [-0.15, -0.1) is 0 Å². The molecular formula is C14H19ClN2O4. The van der Waals surface area contributed by atoms with Crippen LogP contribution in [0, 0.1) is 0 Å². The number of carboxylic acid groups (broad SMARTS) is 1. The highest BCUT2D eigenvalue weighted by molar-refractivity contribution is 6.30. The minimum atomic E-state index is -1.18. The molecule has 1 fully saturated rings. The number of ether oxygens (including phenoxy) is 2. The summed E-state index contributed by atoms with van der Waals surface area (Å²) in [5.74, 6) is 0.184. The third-order valence-electron chi connectivity index (χ3n) is 3.72. The number of carboxylic acids is 1. The lowest BCUT2D eigenvalue weighted by Crippen LogP contribution is -2.50. The van der Waals surface area contributed by atoms with Crippen molar-refractivity contribution in [2.75, 3.05) is 27.3 Å². The fourth-order valence-electron chi connectivity index (χ4n) is 2.59. The van der Waals surface area contributed by atoms with Gasteiger partial charge in [0.2, 0.25) is 0 Å². The Hall–Kier alpha value is -1.50. The van der Waals surface area contributed by atoms with Crippen molar-refractivity contribution in [1.29, 1.82) is 0 Å². The quantitative estimate of drug-likeness (QED) is 0.853. The fourth-order valence-corrected chi connectivity index (χ4v) is 2.82.